The maximum absolute atomic E-state index is 13.8. The number of hydrogen-bond acceptors (Lipinski definition) is 3. The molecule has 1 aromatic carbocycles. The molecule has 0 spiro atoms. The molecule has 2 amide bonds. The number of nitrogens with zero attached hydrogens (tertiary/aromatic N) is 3. The van der Waals surface area contributed by atoms with Crippen LogP contribution in [0.3, 0.4) is 0 Å². The summed E-state index contributed by atoms with van der Waals surface area (Å²) in [7, 11) is 0. The van der Waals surface area contributed by atoms with Crippen LogP contribution in [0.5, 0.6) is 0 Å². The fraction of sp³-hybridized carbons (Fsp3) is 0.636. The number of likely N-dealkylation sites (tertiary alicyclic amines) is 1. The largest absolute Gasteiger partial charge is 0.465 e. The molecule has 3 fully saturated rings. The number of amides is 2. The van der Waals surface area contributed by atoms with Gasteiger partial charge in [0.05, 0.1) is 0 Å². The zero-order valence-electron chi connectivity index (χ0n) is 16.9. The standard InChI is InChI=1S/C22H30FN3O3/c23-18-6-1-5-17(15-18)16-22(9-3-12-26(22)21(28)29)20(27)25-11-4-10-24(13-14-25)19-7-2-8-19/h1,5-6,15,19H,2-4,7-14,16H2,(H,28,29)/t22-/m0/s1. The molecule has 29 heavy (non-hydrogen) atoms. The van der Waals surface area contributed by atoms with Gasteiger partial charge >= 0.3 is 6.09 Å². The molecule has 1 atom stereocenters. The van der Waals surface area contributed by atoms with Gasteiger partial charge in [-0.25, -0.2) is 9.18 Å². The molecule has 7 heteroatoms. The molecule has 6 nitrogen and oxygen atoms in total. The lowest BCUT2D eigenvalue weighted by molar-refractivity contribution is -0.142. The molecule has 0 bridgehead atoms. The van der Waals surface area contributed by atoms with Crippen molar-refractivity contribution in [3.63, 3.8) is 0 Å². The van der Waals surface area contributed by atoms with Gasteiger partial charge in [-0.3, -0.25) is 14.6 Å². The fourth-order valence-electron chi connectivity index (χ4n) is 5.18. The average molecular weight is 403 g/mol. The van der Waals surface area contributed by atoms with E-state index in [1.165, 1.54) is 36.3 Å². The maximum Gasteiger partial charge on any atom is 0.408 e. The van der Waals surface area contributed by atoms with Gasteiger partial charge in [0, 0.05) is 45.2 Å². The van der Waals surface area contributed by atoms with Crippen LogP contribution in [0.2, 0.25) is 0 Å². The predicted molar refractivity (Wildman–Crippen MR) is 107 cm³/mol. The first-order chi connectivity index (χ1) is 14.0. The van der Waals surface area contributed by atoms with Gasteiger partial charge in [-0.05, 0) is 49.8 Å². The van der Waals surface area contributed by atoms with E-state index in [0.29, 0.717) is 44.1 Å². The second-order valence-electron chi connectivity index (χ2n) is 8.64. The van der Waals surface area contributed by atoms with Crippen molar-refractivity contribution in [2.75, 3.05) is 32.7 Å². The summed E-state index contributed by atoms with van der Waals surface area (Å²) < 4.78 is 13.8. The van der Waals surface area contributed by atoms with Crippen LogP contribution in [0.1, 0.15) is 44.1 Å². The second-order valence-corrected chi connectivity index (χ2v) is 8.64. The zero-order chi connectivity index (χ0) is 20.4. The monoisotopic (exact) mass is 403 g/mol. The first-order valence-corrected chi connectivity index (χ1v) is 10.8. The van der Waals surface area contributed by atoms with Crippen molar-refractivity contribution in [2.24, 2.45) is 0 Å². The van der Waals surface area contributed by atoms with Crippen LogP contribution in [0.25, 0.3) is 0 Å². The molecule has 1 aliphatic carbocycles. The number of carbonyl (C=O) groups is 2. The fourth-order valence-corrected chi connectivity index (χ4v) is 5.18. The summed E-state index contributed by atoms with van der Waals surface area (Å²) in [5, 5.41) is 9.81. The Morgan fingerprint density at radius 3 is 2.59 bits per heavy atom. The maximum atomic E-state index is 13.8. The summed E-state index contributed by atoms with van der Waals surface area (Å²) >= 11 is 0. The number of carboxylic acid groups (broad SMARTS) is 1. The molecular weight excluding hydrogens is 373 g/mol. The van der Waals surface area contributed by atoms with E-state index in [2.05, 4.69) is 4.90 Å². The summed E-state index contributed by atoms with van der Waals surface area (Å²) in [5.41, 5.74) is -0.469. The van der Waals surface area contributed by atoms with E-state index in [1.54, 1.807) is 12.1 Å². The van der Waals surface area contributed by atoms with E-state index in [-0.39, 0.29) is 18.1 Å². The Labute approximate surface area is 171 Å². The van der Waals surface area contributed by atoms with Gasteiger partial charge in [0.25, 0.3) is 0 Å². The highest BCUT2D eigenvalue weighted by molar-refractivity contribution is 5.90. The minimum atomic E-state index is -1.13. The van der Waals surface area contributed by atoms with Crippen LogP contribution in [0, 0.1) is 5.82 Å². The summed E-state index contributed by atoms with van der Waals surface area (Å²) in [6.45, 7) is 3.47. The predicted octanol–water partition coefficient (Wildman–Crippen LogP) is 2.97. The minimum Gasteiger partial charge on any atom is -0.465 e. The van der Waals surface area contributed by atoms with Crippen LogP contribution in [-0.2, 0) is 11.2 Å². The van der Waals surface area contributed by atoms with Crippen molar-refractivity contribution in [3.8, 4) is 0 Å². The molecule has 158 valence electrons. The normalized spacial score (nSPS) is 26.2. The van der Waals surface area contributed by atoms with Crippen LogP contribution in [0.4, 0.5) is 9.18 Å². The Balaban J connectivity index is 1.57. The van der Waals surface area contributed by atoms with Gasteiger partial charge in [0.1, 0.15) is 11.4 Å². The van der Waals surface area contributed by atoms with Crippen LogP contribution >= 0.6 is 0 Å². The third-order valence-electron chi connectivity index (χ3n) is 6.91. The lowest BCUT2D eigenvalue weighted by atomic mass is 9.86. The van der Waals surface area contributed by atoms with Gasteiger partial charge < -0.3 is 10.0 Å². The smallest absolute Gasteiger partial charge is 0.408 e. The molecule has 3 aliphatic rings. The van der Waals surface area contributed by atoms with E-state index >= 15 is 0 Å². The highest BCUT2D eigenvalue weighted by Crippen LogP contribution is 2.36. The lowest BCUT2D eigenvalue weighted by Gasteiger charge is -2.40. The molecular formula is C22H30FN3O3. The second kappa shape index (κ2) is 8.30. The summed E-state index contributed by atoms with van der Waals surface area (Å²) in [4.78, 5) is 31.4. The summed E-state index contributed by atoms with van der Waals surface area (Å²) in [5.74, 6) is -0.479. The van der Waals surface area contributed by atoms with E-state index in [1.807, 2.05) is 4.90 Å². The van der Waals surface area contributed by atoms with Crippen molar-refractivity contribution in [3.05, 3.63) is 35.6 Å². The lowest BCUT2D eigenvalue weighted by Crippen LogP contribution is -2.60. The minimum absolute atomic E-state index is 0.114. The number of rotatable bonds is 4. The van der Waals surface area contributed by atoms with Crippen molar-refractivity contribution >= 4 is 12.0 Å². The van der Waals surface area contributed by atoms with Crippen LogP contribution < -0.4 is 0 Å². The Kier molecular flexibility index (Phi) is 5.76. The summed E-state index contributed by atoms with van der Waals surface area (Å²) in [6.07, 6.45) is 4.96. The number of halogens is 1. The van der Waals surface area contributed by atoms with Crippen LogP contribution in [-0.4, -0.2) is 76.1 Å². The molecule has 1 N–H and O–H groups in total. The van der Waals surface area contributed by atoms with Gasteiger partial charge in [-0.1, -0.05) is 18.6 Å². The van der Waals surface area contributed by atoms with E-state index in [9.17, 15) is 19.1 Å². The van der Waals surface area contributed by atoms with Gasteiger partial charge in [0.15, 0.2) is 0 Å². The first-order valence-electron chi connectivity index (χ1n) is 10.8. The average Bonchev–Trinajstić information content (AvgIpc) is 2.92. The zero-order valence-corrected chi connectivity index (χ0v) is 16.9. The van der Waals surface area contributed by atoms with E-state index in [4.69, 9.17) is 0 Å². The Hall–Kier alpha value is -2.15. The topological polar surface area (TPSA) is 64.1 Å². The highest BCUT2D eigenvalue weighted by atomic mass is 19.1. The number of benzene rings is 1. The van der Waals surface area contributed by atoms with E-state index in [0.717, 1.165) is 19.5 Å². The quantitative estimate of drug-likeness (QED) is 0.840. The molecule has 2 heterocycles. The molecule has 0 aromatic heterocycles. The molecule has 1 saturated carbocycles. The van der Waals surface area contributed by atoms with Crippen molar-refractivity contribution in [2.45, 2.75) is 56.5 Å². The first kappa shape index (κ1) is 20.1. The van der Waals surface area contributed by atoms with Gasteiger partial charge in [-0.15, -0.1) is 0 Å². The highest BCUT2D eigenvalue weighted by Gasteiger charge is 2.51. The van der Waals surface area contributed by atoms with Crippen LogP contribution in [0.15, 0.2) is 24.3 Å². The molecule has 1 aromatic rings. The summed E-state index contributed by atoms with van der Waals surface area (Å²) in [6, 6.07) is 6.82. The molecule has 0 unspecified atom stereocenters. The Morgan fingerprint density at radius 2 is 1.90 bits per heavy atom. The number of hydrogen-bond donors (Lipinski definition) is 1. The van der Waals surface area contributed by atoms with Gasteiger partial charge in [0.2, 0.25) is 5.91 Å². The number of carbonyl (C=O) groups excluding carboxylic acids is 1. The van der Waals surface area contributed by atoms with E-state index < -0.39 is 11.6 Å². The Morgan fingerprint density at radius 1 is 1.07 bits per heavy atom. The molecule has 4 rings (SSSR count). The third-order valence-corrected chi connectivity index (χ3v) is 6.91. The van der Waals surface area contributed by atoms with Gasteiger partial charge in [-0.2, -0.15) is 0 Å². The molecule has 2 saturated heterocycles. The third kappa shape index (κ3) is 3.97. The molecule has 0 radical (unpaired) electrons. The Bertz CT molecular complexity index is 769. The SMILES string of the molecule is O=C(O)N1CCC[C@]1(Cc1cccc(F)c1)C(=O)N1CCCN(C2CCC2)CC1. The van der Waals surface area contributed by atoms with Crippen molar-refractivity contribution in [1.82, 2.24) is 14.7 Å². The van der Waals surface area contributed by atoms with Crippen molar-refractivity contribution in [1.29, 1.82) is 0 Å². The van der Waals surface area contributed by atoms with Crippen molar-refractivity contribution < 1.29 is 19.1 Å². The molecule has 2 aliphatic heterocycles.